The number of rotatable bonds is 1. The molecule has 0 atom stereocenters. The monoisotopic (exact) mass is 393 g/mol. The molecule has 8 heteroatoms. The lowest BCUT2D eigenvalue weighted by atomic mass is 10.2. The second-order valence-electron chi connectivity index (χ2n) is 6.94. The number of fused-ring (bicyclic) bond motifs is 6. The van der Waals surface area contributed by atoms with E-state index in [2.05, 4.69) is 36.7 Å². The van der Waals surface area contributed by atoms with Gasteiger partial charge in [-0.2, -0.15) is 0 Å². The van der Waals surface area contributed by atoms with Gasteiger partial charge in [-0.15, -0.1) is 5.10 Å². The normalized spacial score (nSPS) is 11.8. The lowest BCUT2D eigenvalue weighted by molar-refractivity contribution is 0.414. The van der Waals surface area contributed by atoms with Crippen LogP contribution in [-0.2, 0) is 6.42 Å². The molecule has 1 aliphatic heterocycles. The second kappa shape index (κ2) is 6.32. The number of hydrogen-bond donors (Lipinski definition) is 0. The molecule has 0 spiro atoms. The molecule has 30 heavy (non-hydrogen) atoms. The summed E-state index contributed by atoms with van der Waals surface area (Å²) in [4.78, 5) is 8.91. The maximum atomic E-state index is 5.40. The van der Waals surface area contributed by atoms with E-state index < -0.39 is 0 Å². The quantitative estimate of drug-likeness (QED) is 0.401. The summed E-state index contributed by atoms with van der Waals surface area (Å²) >= 11 is 0. The summed E-state index contributed by atoms with van der Waals surface area (Å²) in [5, 5.41) is 8.38. The van der Waals surface area contributed by atoms with E-state index in [1.807, 2.05) is 58.1 Å². The SMILES string of the molecule is COc1ccc2c(c1)-n1nncc1Cc1c(C#Cc3ccn4ccnc4c3)ncn1-2. The standard InChI is InChI=1S/C22H15N7O/c1-30-17-3-5-19-21(12-17)29-16(13-25-26-29)11-20-18(24-14-28(19)20)4-2-15-6-8-27-9-7-23-22(27)10-15/h3,5-10,12-14H,11H2,1H3. The minimum atomic E-state index is 0.618. The van der Waals surface area contributed by atoms with E-state index in [4.69, 9.17) is 4.74 Å². The molecule has 4 aromatic heterocycles. The Morgan fingerprint density at radius 3 is 2.93 bits per heavy atom. The van der Waals surface area contributed by atoms with Crippen molar-refractivity contribution in [1.29, 1.82) is 0 Å². The minimum absolute atomic E-state index is 0.618. The van der Waals surface area contributed by atoms with Gasteiger partial charge in [0.05, 0.1) is 36.1 Å². The number of methoxy groups -OCH3 is 1. The molecule has 1 aromatic carbocycles. The van der Waals surface area contributed by atoms with Crippen molar-refractivity contribution in [3.63, 3.8) is 0 Å². The fraction of sp³-hybridized carbons (Fsp3) is 0.0909. The van der Waals surface area contributed by atoms with Crippen LogP contribution in [0.2, 0.25) is 0 Å². The highest BCUT2D eigenvalue weighted by molar-refractivity contribution is 5.60. The van der Waals surface area contributed by atoms with Gasteiger partial charge in [-0.05, 0) is 30.2 Å². The molecule has 144 valence electrons. The van der Waals surface area contributed by atoms with Crippen LogP contribution in [0.1, 0.15) is 22.6 Å². The Labute approximate surface area is 171 Å². The van der Waals surface area contributed by atoms with Crippen LogP contribution in [0.15, 0.2) is 61.4 Å². The van der Waals surface area contributed by atoms with Gasteiger partial charge in [0.1, 0.15) is 23.4 Å². The summed E-state index contributed by atoms with van der Waals surface area (Å²) in [6.45, 7) is 0. The van der Waals surface area contributed by atoms with Crippen LogP contribution in [0.3, 0.4) is 0 Å². The average molecular weight is 393 g/mol. The maximum absolute atomic E-state index is 5.40. The summed E-state index contributed by atoms with van der Waals surface area (Å²) in [6.07, 6.45) is 9.83. The van der Waals surface area contributed by atoms with Crippen molar-refractivity contribution in [3.8, 4) is 29.0 Å². The van der Waals surface area contributed by atoms with Crippen LogP contribution in [0.4, 0.5) is 0 Å². The Balaban J connectivity index is 1.48. The Morgan fingerprint density at radius 1 is 1.03 bits per heavy atom. The van der Waals surface area contributed by atoms with Crippen LogP contribution in [-0.4, -0.2) is 41.0 Å². The molecule has 8 nitrogen and oxygen atoms in total. The fourth-order valence-corrected chi connectivity index (χ4v) is 3.73. The molecule has 0 bridgehead atoms. The zero-order chi connectivity index (χ0) is 20.1. The van der Waals surface area contributed by atoms with Gasteiger partial charge in [0.25, 0.3) is 0 Å². The van der Waals surface area contributed by atoms with Crippen molar-refractivity contribution in [2.24, 2.45) is 0 Å². The third-order valence-corrected chi connectivity index (χ3v) is 5.23. The van der Waals surface area contributed by atoms with Crippen molar-refractivity contribution in [2.45, 2.75) is 6.42 Å². The van der Waals surface area contributed by atoms with E-state index in [0.29, 0.717) is 6.42 Å². The maximum Gasteiger partial charge on any atom is 0.137 e. The molecule has 0 fully saturated rings. The lowest BCUT2D eigenvalue weighted by Gasteiger charge is -2.11. The van der Waals surface area contributed by atoms with Gasteiger partial charge >= 0.3 is 0 Å². The molecule has 0 aliphatic carbocycles. The highest BCUT2D eigenvalue weighted by Crippen LogP contribution is 2.31. The van der Waals surface area contributed by atoms with Gasteiger partial charge in [-0.1, -0.05) is 11.1 Å². The van der Waals surface area contributed by atoms with E-state index in [1.165, 1.54) is 0 Å². The first-order chi connectivity index (χ1) is 14.8. The number of imidazole rings is 2. The molecule has 0 saturated carbocycles. The second-order valence-corrected chi connectivity index (χ2v) is 6.94. The minimum Gasteiger partial charge on any atom is -0.497 e. The predicted molar refractivity (Wildman–Crippen MR) is 109 cm³/mol. The first-order valence-corrected chi connectivity index (χ1v) is 9.39. The van der Waals surface area contributed by atoms with Crippen molar-refractivity contribution in [2.75, 3.05) is 7.11 Å². The largest absolute Gasteiger partial charge is 0.497 e. The van der Waals surface area contributed by atoms with E-state index in [-0.39, 0.29) is 0 Å². The molecular formula is C22H15N7O. The molecule has 6 rings (SSSR count). The van der Waals surface area contributed by atoms with Gasteiger partial charge in [-0.3, -0.25) is 4.57 Å². The molecule has 5 aromatic rings. The van der Waals surface area contributed by atoms with Crippen LogP contribution < -0.4 is 4.74 Å². The van der Waals surface area contributed by atoms with E-state index in [9.17, 15) is 0 Å². The Bertz CT molecular complexity index is 1480. The van der Waals surface area contributed by atoms with E-state index in [1.54, 1.807) is 19.5 Å². The summed E-state index contributed by atoms with van der Waals surface area (Å²) < 4.78 is 11.3. The topological polar surface area (TPSA) is 75.1 Å². The number of nitrogens with zero attached hydrogens (tertiary/aromatic N) is 7. The third kappa shape index (κ3) is 2.49. The first-order valence-electron chi connectivity index (χ1n) is 9.39. The fourth-order valence-electron chi connectivity index (χ4n) is 3.73. The summed E-state index contributed by atoms with van der Waals surface area (Å²) in [6, 6.07) is 9.81. The molecule has 1 aliphatic rings. The number of benzene rings is 1. The molecule has 0 amide bonds. The van der Waals surface area contributed by atoms with Gasteiger partial charge in [0, 0.05) is 36.6 Å². The number of pyridine rings is 1. The highest BCUT2D eigenvalue weighted by atomic mass is 16.5. The van der Waals surface area contributed by atoms with Crippen molar-refractivity contribution in [3.05, 3.63) is 84.1 Å². The number of aromatic nitrogens is 7. The van der Waals surface area contributed by atoms with Crippen LogP contribution in [0.25, 0.3) is 17.0 Å². The summed E-state index contributed by atoms with van der Waals surface area (Å²) in [7, 11) is 1.65. The zero-order valence-corrected chi connectivity index (χ0v) is 16.0. The predicted octanol–water partition coefficient (Wildman–Crippen LogP) is 2.41. The zero-order valence-electron chi connectivity index (χ0n) is 16.0. The van der Waals surface area contributed by atoms with Crippen LogP contribution in [0.5, 0.6) is 5.75 Å². The Morgan fingerprint density at radius 2 is 2.00 bits per heavy atom. The van der Waals surface area contributed by atoms with Crippen molar-refractivity contribution < 1.29 is 4.74 Å². The molecule has 0 saturated heterocycles. The van der Waals surface area contributed by atoms with Gasteiger partial charge in [0.15, 0.2) is 0 Å². The summed E-state index contributed by atoms with van der Waals surface area (Å²) in [5.41, 5.74) is 6.29. The molecular weight excluding hydrogens is 378 g/mol. The summed E-state index contributed by atoms with van der Waals surface area (Å²) in [5.74, 6) is 7.22. The highest BCUT2D eigenvalue weighted by Gasteiger charge is 2.23. The van der Waals surface area contributed by atoms with Crippen molar-refractivity contribution >= 4 is 5.65 Å². The van der Waals surface area contributed by atoms with Crippen molar-refractivity contribution in [1.82, 2.24) is 33.9 Å². The Hall–Kier alpha value is -4.38. The third-order valence-electron chi connectivity index (χ3n) is 5.23. The number of ether oxygens (including phenoxy) is 1. The average Bonchev–Trinajstić information content (AvgIpc) is 3.50. The lowest BCUT2D eigenvalue weighted by Crippen LogP contribution is -2.03. The molecule has 0 unspecified atom stereocenters. The molecule has 0 N–H and O–H groups in total. The Kier molecular flexibility index (Phi) is 3.49. The van der Waals surface area contributed by atoms with E-state index >= 15 is 0 Å². The van der Waals surface area contributed by atoms with Gasteiger partial charge in [0.2, 0.25) is 0 Å². The number of hydrogen-bond acceptors (Lipinski definition) is 5. The van der Waals surface area contributed by atoms with Crippen LogP contribution in [0, 0.1) is 11.8 Å². The van der Waals surface area contributed by atoms with Crippen LogP contribution >= 0.6 is 0 Å². The van der Waals surface area contributed by atoms with Gasteiger partial charge < -0.3 is 9.14 Å². The van der Waals surface area contributed by atoms with Gasteiger partial charge in [-0.25, -0.2) is 14.6 Å². The molecule has 5 heterocycles. The molecule has 0 radical (unpaired) electrons. The first kappa shape index (κ1) is 16.6. The van der Waals surface area contributed by atoms with E-state index in [0.717, 1.165) is 45.4 Å². The smallest absolute Gasteiger partial charge is 0.137 e.